The van der Waals surface area contributed by atoms with Crippen LogP contribution in [0.4, 0.5) is 0 Å². The van der Waals surface area contributed by atoms with Gasteiger partial charge in [0.1, 0.15) is 18.1 Å². The highest BCUT2D eigenvalue weighted by molar-refractivity contribution is 5.94. The Balaban J connectivity index is 2.13. The van der Waals surface area contributed by atoms with E-state index in [1.165, 1.54) is 9.80 Å². The molecule has 9 nitrogen and oxygen atoms in total. The van der Waals surface area contributed by atoms with Gasteiger partial charge in [0.25, 0.3) is 0 Å². The summed E-state index contributed by atoms with van der Waals surface area (Å²) < 4.78 is 0. The second kappa shape index (κ2) is 10.9. The zero-order valence-electron chi connectivity index (χ0n) is 19.2. The predicted octanol–water partition coefficient (Wildman–Crippen LogP) is 0.957. The van der Waals surface area contributed by atoms with Gasteiger partial charge in [-0.15, -0.1) is 0 Å². The average Bonchev–Trinajstić information content (AvgIpc) is 3.39. The summed E-state index contributed by atoms with van der Waals surface area (Å²) in [6.45, 7) is 8.62. The van der Waals surface area contributed by atoms with Crippen LogP contribution in [0.5, 0.6) is 0 Å². The Morgan fingerprint density at radius 2 is 1.55 bits per heavy atom. The van der Waals surface area contributed by atoms with Crippen LogP contribution in [0, 0.1) is 11.8 Å². The Morgan fingerprint density at radius 3 is 2.06 bits per heavy atom. The molecule has 0 unspecified atom stereocenters. The van der Waals surface area contributed by atoms with Crippen LogP contribution in [0.3, 0.4) is 0 Å². The number of carbonyl (C=O) groups is 4. The molecule has 0 saturated carbocycles. The van der Waals surface area contributed by atoms with E-state index in [9.17, 15) is 24.3 Å². The number of nitrogens with zero attached hydrogens (tertiary/aromatic N) is 2. The van der Waals surface area contributed by atoms with Crippen molar-refractivity contribution in [3.8, 4) is 0 Å². The van der Waals surface area contributed by atoms with Gasteiger partial charge in [0, 0.05) is 13.1 Å². The topological polar surface area (TPSA) is 133 Å². The quantitative estimate of drug-likeness (QED) is 0.491. The largest absolute Gasteiger partial charge is 0.480 e. The van der Waals surface area contributed by atoms with Gasteiger partial charge in [0.15, 0.2) is 0 Å². The summed E-state index contributed by atoms with van der Waals surface area (Å²) in [5.41, 5.74) is 6.07. The van der Waals surface area contributed by atoms with Crippen molar-refractivity contribution in [2.75, 3.05) is 13.1 Å². The van der Waals surface area contributed by atoms with Crippen LogP contribution in [0.15, 0.2) is 0 Å². The molecule has 2 rings (SSSR count). The van der Waals surface area contributed by atoms with Gasteiger partial charge >= 0.3 is 5.97 Å². The Morgan fingerprint density at radius 1 is 1.00 bits per heavy atom. The van der Waals surface area contributed by atoms with Crippen LogP contribution in [0.25, 0.3) is 0 Å². The summed E-state index contributed by atoms with van der Waals surface area (Å²) in [5.74, 6) is -1.88. The minimum absolute atomic E-state index is 0.166. The van der Waals surface area contributed by atoms with E-state index in [1.54, 1.807) is 0 Å². The van der Waals surface area contributed by atoms with Gasteiger partial charge in [-0.1, -0.05) is 34.1 Å². The summed E-state index contributed by atoms with van der Waals surface area (Å²) in [7, 11) is 0. The number of likely N-dealkylation sites (tertiary alicyclic amines) is 2. The number of hydrogen-bond donors (Lipinski definition) is 3. The maximum Gasteiger partial charge on any atom is 0.326 e. The van der Waals surface area contributed by atoms with Gasteiger partial charge in [0.05, 0.1) is 6.04 Å². The molecule has 0 aromatic carbocycles. The number of hydrogen-bond acceptors (Lipinski definition) is 5. The third-order valence-electron chi connectivity index (χ3n) is 6.48. The van der Waals surface area contributed by atoms with Crippen LogP contribution < -0.4 is 11.1 Å². The molecular weight excluding hydrogens is 400 g/mol. The molecule has 3 amide bonds. The normalized spacial score (nSPS) is 24.2. The minimum Gasteiger partial charge on any atom is -0.480 e. The number of carboxylic acids is 1. The van der Waals surface area contributed by atoms with E-state index >= 15 is 0 Å². The summed E-state index contributed by atoms with van der Waals surface area (Å²) >= 11 is 0. The molecule has 0 bridgehead atoms. The SMILES string of the molecule is CC[C@H](C)[C@H](NC(=O)[C@H]1CCCN1C(=O)[C@@H](N)CC(C)C)C(=O)N1CCC[C@@H]1C(=O)O. The third kappa shape index (κ3) is 5.96. The van der Waals surface area contributed by atoms with E-state index in [0.29, 0.717) is 51.6 Å². The lowest BCUT2D eigenvalue weighted by Crippen LogP contribution is -2.58. The molecular formula is C22H38N4O5. The first-order valence-corrected chi connectivity index (χ1v) is 11.5. The molecule has 2 aliphatic rings. The minimum atomic E-state index is -1.02. The molecule has 176 valence electrons. The molecule has 31 heavy (non-hydrogen) atoms. The number of nitrogens with one attached hydrogen (secondary N) is 1. The van der Waals surface area contributed by atoms with E-state index in [2.05, 4.69) is 5.32 Å². The third-order valence-corrected chi connectivity index (χ3v) is 6.48. The summed E-state index contributed by atoms with van der Waals surface area (Å²) in [6, 6.07) is -2.98. The van der Waals surface area contributed by atoms with Crippen molar-refractivity contribution in [3.05, 3.63) is 0 Å². The molecule has 5 atom stereocenters. The van der Waals surface area contributed by atoms with Crippen LogP contribution in [-0.2, 0) is 19.2 Å². The number of carboxylic acid groups (broad SMARTS) is 1. The van der Waals surface area contributed by atoms with Gasteiger partial charge < -0.3 is 26.0 Å². The van der Waals surface area contributed by atoms with Crippen LogP contribution in [0.2, 0.25) is 0 Å². The zero-order chi connectivity index (χ0) is 23.3. The Hall–Kier alpha value is -2.16. The van der Waals surface area contributed by atoms with Gasteiger partial charge in [0.2, 0.25) is 17.7 Å². The Bertz CT molecular complexity index is 683. The highest BCUT2D eigenvalue weighted by Gasteiger charge is 2.42. The maximum atomic E-state index is 13.2. The zero-order valence-corrected chi connectivity index (χ0v) is 19.2. The van der Waals surface area contributed by atoms with Gasteiger partial charge in [-0.05, 0) is 43.9 Å². The molecule has 0 aromatic rings. The van der Waals surface area contributed by atoms with Crippen LogP contribution >= 0.6 is 0 Å². The molecule has 2 saturated heterocycles. The lowest BCUT2D eigenvalue weighted by molar-refractivity contribution is -0.150. The molecule has 9 heteroatoms. The van der Waals surface area contributed by atoms with Crippen molar-refractivity contribution < 1.29 is 24.3 Å². The van der Waals surface area contributed by atoms with Crippen molar-refractivity contribution in [1.29, 1.82) is 0 Å². The van der Waals surface area contributed by atoms with Crippen molar-refractivity contribution in [1.82, 2.24) is 15.1 Å². The summed E-state index contributed by atoms with van der Waals surface area (Å²) in [5, 5.41) is 12.3. The summed E-state index contributed by atoms with van der Waals surface area (Å²) in [4.78, 5) is 53.6. The monoisotopic (exact) mass is 438 g/mol. The molecule has 0 aromatic heterocycles. The molecule has 0 radical (unpaired) electrons. The maximum absolute atomic E-state index is 13.2. The first-order chi connectivity index (χ1) is 14.6. The number of amides is 3. The fraction of sp³-hybridized carbons (Fsp3) is 0.818. The average molecular weight is 439 g/mol. The van der Waals surface area contributed by atoms with Crippen LogP contribution in [-0.4, -0.2) is 75.9 Å². The number of nitrogens with two attached hydrogens (primary N) is 1. The van der Waals surface area contributed by atoms with E-state index in [4.69, 9.17) is 5.73 Å². The second-order valence-electron chi connectivity index (χ2n) is 9.33. The van der Waals surface area contributed by atoms with Gasteiger partial charge in [-0.25, -0.2) is 4.79 Å². The predicted molar refractivity (Wildman–Crippen MR) is 116 cm³/mol. The van der Waals surface area contributed by atoms with Crippen molar-refractivity contribution in [2.24, 2.45) is 17.6 Å². The van der Waals surface area contributed by atoms with Crippen LogP contribution in [0.1, 0.15) is 66.2 Å². The first kappa shape index (κ1) is 25.1. The number of aliphatic carboxylic acids is 1. The summed E-state index contributed by atoms with van der Waals surface area (Å²) in [6.07, 6.45) is 3.46. The van der Waals surface area contributed by atoms with Crippen molar-refractivity contribution >= 4 is 23.7 Å². The fourth-order valence-electron chi connectivity index (χ4n) is 4.52. The molecule has 2 heterocycles. The Labute approximate surface area is 184 Å². The van der Waals surface area contributed by atoms with E-state index in [0.717, 1.165) is 0 Å². The van der Waals surface area contributed by atoms with E-state index < -0.39 is 30.1 Å². The molecule has 2 aliphatic heterocycles. The highest BCUT2D eigenvalue weighted by Crippen LogP contribution is 2.23. The molecule has 0 spiro atoms. The number of carbonyl (C=O) groups excluding carboxylic acids is 3. The van der Waals surface area contributed by atoms with Gasteiger partial charge in [-0.2, -0.15) is 0 Å². The molecule has 4 N–H and O–H groups in total. The number of rotatable bonds is 9. The van der Waals surface area contributed by atoms with E-state index in [-0.39, 0.29) is 29.6 Å². The lowest BCUT2D eigenvalue weighted by Gasteiger charge is -2.33. The standard InChI is InChI=1S/C22H38N4O5/c1-5-14(4)18(21(29)26-11-7-9-17(26)22(30)31)24-19(27)16-8-6-10-25(16)20(28)15(23)12-13(2)3/h13-18H,5-12,23H2,1-4H3,(H,24,27)(H,30,31)/t14-,15-,16+,17+,18-/m0/s1. The fourth-order valence-corrected chi connectivity index (χ4v) is 4.52. The molecule has 0 aliphatic carbocycles. The van der Waals surface area contributed by atoms with Gasteiger partial charge in [-0.3, -0.25) is 14.4 Å². The van der Waals surface area contributed by atoms with E-state index in [1.807, 2.05) is 27.7 Å². The Kier molecular flexibility index (Phi) is 8.85. The smallest absolute Gasteiger partial charge is 0.326 e. The molecule has 2 fully saturated rings. The lowest BCUT2D eigenvalue weighted by atomic mass is 9.96. The second-order valence-corrected chi connectivity index (χ2v) is 9.33. The van der Waals surface area contributed by atoms with Crippen molar-refractivity contribution in [2.45, 2.75) is 90.4 Å². The first-order valence-electron chi connectivity index (χ1n) is 11.5. The van der Waals surface area contributed by atoms with Crippen molar-refractivity contribution in [3.63, 3.8) is 0 Å². The highest BCUT2D eigenvalue weighted by atomic mass is 16.4.